The van der Waals surface area contributed by atoms with E-state index in [0.29, 0.717) is 37.7 Å². The van der Waals surface area contributed by atoms with Crippen molar-refractivity contribution in [3.8, 4) is 0 Å². The first-order valence-electron chi connectivity index (χ1n) is 5.70. The van der Waals surface area contributed by atoms with E-state index in [1.54, 1.807) is 12.1 Å². The lowest BCUT2D eigenvalue weighted by molar-refractivity contribution is 0.122. The Morgan fingerprint density at radius 1 is 1.33 bits per heavy atom. The summed E-state index contributed by atoms with van der Waals surface area (Å²) in [4.78, 5) is 2.21. The molecule has 0 radical (unpaired) electrons. The number of ether oxygens (including phenoxy) is 1. The van der Waals surface area contributed by atoms with Crippen LogP contribution in [0, 0.1) is 0 Å². The molecule has 1 saturated heterocycles. The summed E-state index contributed by atoms with van der Waals surface area (Å²) < 4.78 is 31.6. The molecule has 18 heavy (non-hydrogen) atoms. The fourth-order valence-corrected chi connectivity index (χ4v) is 2.91. The predicted molar refractivity (Wildman–Crippen MR) is 70.1 cm³/mol. The van der Waals surface area contributed by atoms with Gasteiger partial charge in [0.05, 0.1) is 18.9 Å². The maximum Gasteiger partial charge on any atom is 0.242 e. The van der Waals surface area contributed by atoms with E-state index in [4.69, 9.17) is 10.5 Å². The van der Waals surface area contributed by atoms with Crippen LogP contribution < -0.4 is 15.4 Å². The average molecular weight is 271 g/mol. The topological polar surface area (TPSA) is 84.7 Å². The first-order valence-corrected chi connectivity index (χ1v) is 7.18. The number of nitrogens with one attached hydrogen (secondary N) is 1. The molecule has 100 valence electrons. The molecule has 0 amide bonds. The molecule has 0 spiro atoms. The molecule has 1 aromatic rings. The van der Waals surface area contributed by atoms with Gasteiger partial charge in [-0.3, -0.25) is 0 Å². The number of rotatable bonds is 3. The fraction of sp³-hybridized carbons (Fsp3) is 0.455. The molecule has 2 rings (SSSR count). The van der Waals surface area contributed by atoms with Gasteiger partial charge in [-0.15, -0.1) is 0 Å². The van der Waals surface area contributed by atoms with Crippen molar-refractivity contribution >= 4 is 21.4 Å². The van der Waals surface area contributed by atoms with Crippen LogP contribution in [-0.2, 0) is 14.8 Å². The van der Waals surface area contributed by atoms with Crippen molar-refractivity contribution in [2.45, 2.75) is 4.90 Å². The van der Waals surface area contributed by atoms with Crippen molar-refractivity contribution in [1.29, 1.82) is 0 Å². The second kappa shape index (κ2) is 5.13. The zero-order chi connectivity index (χ0) is 13.2. The third kappa shape index (κ3) is 2.58. The fourth-order valence-electron chi connectivity index (χ4n) is 1.92. The van der Waals surface area contributed by atoms with Crippen molar-refractivity contribution in [3.63, 3.8) is 0 Å². The average Bonchev–Trinajstić information content (AvgIpc) is 2.39. The molecule has 0 bridgehead atoms. The van der Waals surface area contributed by atoms with Crippen LogP contribution in [0.25, 0.3) is 0 Å². The van der Waals surface area contributed by atoms with E-state index >= 15 is 0 Å². The first-order chi connectivity index (χ1) is 8.54. The molecule has 1 aliphatic heterocycles. The van der Waals surface area contributed by atoms with Gasteiger partial charge in [-0.1, -0.05) is 0 Å². The van der Waals surface area contributed by atoms with Crippen LogP contribution in [0.2, 0.25) is 0 Å². The standard InChI is InChI=1S/C11H17N3O3S/c1-13-18(15,16)11-8-9(12)2-3-10(11)14-4-6-17-7-5-14/h2-3,8,13H,4-7,12H2,1H3. The number of benzene rings is 1. The van der Waals surface area contributed by atoms with Crippen LogP contribution >= 0.6 is 0 Å². The van der Waals surface area contributed by atoms with Gasteiger partial charge in [-0.2, -0.15) is 0 Å². The van der Waals surface area contributed by atoms with Crippen LogP contribution in [0.3, 0.4) is 0 Å². The highest BCUT2D eigenvalue weighted by Gasteiger charge is 2.22. The minimum absolute atomic E-state index is 0.215. The highest BCUT2D eigenvalue weighted by molar-refractivity contribution is 7.89. The summed E-state index contributed by atoms with van der Waals surface area (Å²) in [6, 6.07) is 4.93. The molecule has 3 N–H and O–H groups in total. The van der Waals surface area contributed by atoms with Gasteiger partial charge in [0.1, 0.15) is 4.90 Å². The molecule has 7 heteroatoms. The van der Waals surface area contributed by atoms with E-state index in [1.807, 2.05) is 4.90 Å². The van der Waals surface area contributed by atoms with E-state index in [0.717, 1.165) is 0 Å². The zero-order valence-corrected chi connectivity index (χ0v) is 11.0. The maximum atomic E-state index is 12.0. The van der Waals surface area contributed by atoms with Gasteiger partial charge in [-0.25, -0.2) is 13.1 Å². The van der Waals surface area contributed by atoms with Crippen molar-refractivity contribution in [2.75, 3.05) is 44.0 Å². The second-order valence-corrected chi connectivity index (χ2v) is 5.89. The maximum absolute atomic E-state index is 12.0. The summed E-state index contributed by atoms with van der Waals surface area (Å²) in [5.74, 6) is 0. The smallest absolute Gasteiger partial charge is 0.242 e. The van der Waals surface area contributed by atoms with Gasteiger partial charge in [0.15, 0.2) is 0 Å². The largest absolute Gasteiger partial charge is 0.399 e. The van der Waals surface area contributed by atoms with Crippen LogP contribution in [0.1, 0.15) is 0 Å². The monoisotopic (exact) mass is 271 g/mol. The summed E-state index contributed by atoms with van der Waals surface area (Å²) in [6.07, 6.45) is 0. The Balaban J connectivity index is 2.46. The van der Waals surface area contributed by atoms with Gasteiger partial charge in [0, 0.05) is 18.8 Å². The van der Waals surface area contributed by atoms with E-state index in [1.165, 1.54) is 13.1 Å². The Bertz CT molecular complexity index is 524. The second-order valence-electron chi connectivity index (χ2n) is 4.03. The molecule has 1 aliphatic rings. The summed E-state index contributed by atoms with van der Waals surface area (Å²) in [5.41, 5.74) is 6.77. The molecule has 0 aromatic heterocycles. The molecular formula is C11H17N3O3S. The summed E-state index contributed by atoms with van der Waals surface area (Å²) in [6.45, 7) is 2.55. The van der Waals surface area contributed by atoms with Crippen molar-refractivity contribution in [2.24, 2.45) is 0 Å². The SMILES string of the molecule is CNS(=O)(=O)c1cc(N)ccc1N1CCOCC1. The highest BCUT2D eigenvalue weighted by Crippen LogP contribution is 2.27. The summed E-state index contributed by atoms with van der Waals surface area (Å²) >= 11 is 0. The molecule has 0 atom stereocenters. The molecule has 1 fully saturated rings. The van der Waals surface area contributed by atoms with Crippen LogP contribution in [0.4, 0.5) is 11.4 Å². The Morgan fingerprint density at radius 2 is 2.00 bits per heavy atom. The van der Waals surface area contributed by atoms with Gasteiger partial charge < -0.3 is 15.4 Å². The molecule has 1 heterocycles. The predicted octanol–water partition coefficient (Wildman–Crippen LogP) is 0.0135. The summed E-state index contributed by atoms with van der Waals surface area (Å²) in [7, 11) is -2.12. The van der Waals surface area contributed by atoms with Crippen LogP contribution in [-0.4, -0.2) is 41.8 Å². The molecular weight excluding hydrogens is 254 g/mol. The number of sulfonamides is 1. The van der Waals surface area contributed by atoms with Crippen molar-refractivity contribution in [1.82, 2.24) is 4.72 Å². The van der Waals surface area contributed by atoms with Gasteiger partial charge in [-0.05, 0) is 25.2 Å². The van der Waals surface area contributed by atoms with Crippen molar-refractivity contribution < 1.29 is 13.2 Å². The number of nitrogens with two attached hydrogens (primary N) is 1. The minimum atomic E-state index is -3.51. The van der Waals surface area contributed by atoms with E-state index in [2.05, 4.69) is 4.72 Å². The lowest BCUT2D eigenvalue weighted by atomic mass is 10.2. The van der Waals surface area contributed by atoms with E-state index < -0.39 is 10.0 Å². The van der Waals surface area contributed by atoms with Gasteiger partial charge >= 0.3 is 0 Å². The number of morpholine rings is 1. The zero-order valence-electron chi connectivity index (χ0n) is 10.2. The lowest BCUT2D eigenvalue weighted by Gasteiger charge is -2.30. The first kappa shape index (κ1) is 13.1. The molecule has 0 unspecified atom stereocenters. The Hall–Kier alpha value is -1.31. The third-order valence-corrected chi connectivity index (χ3v) is 4.34. The number of nitrogens with zero attached hydrogens (tertiary/aromatic N) is 1. The van der Waals surface area contributed by atoms with Gasteiger partial charge in [0.25, 0.3) is 0 Å². The number of hydrogen-bond acceptors (Lipinski definition) is 5. The third-order valence-electron chi connectivity index (χ3n) is 2.89. The van der Waals surface area contributed by atoms with Crippen LogP contribution in [0.15, 0.2) is 23.1 Å². The highest BCUT2D eigenvalue weighted by atomic mass is 32.2. The Kier molecular flexibility index (Phi) is 3.74. The molecule has 6 nitrogen and oxygen atoms in total. The van der Waals surface area contributed by atoms with Crippen LogP contribution in [0.5, 0.6) is 0 Å². The normalized spacial score (nSPS) is 16.8. The van der Waals surface area contributed by atoms with Gasteiger partial charge in [0.2, 0.25) is 10.0 Å². The van der Waals surface area contributed by atoms with E-state index in [9.17, 15) is 8.42 Å². The number of anilines is 2. The Morgan fingerprint density at radius 3 is 2.61 bits per heavy atom. The van der Waals surface area contributed by atoms with E-state index in [-0.39, 0.29) is 4.90 Å². The number of hydrogen-bond donors (Lipinski definition) is 2. The summed E-state index contributed by atoms with van der Waals surface area (Å²) in [5, 5.41) is 0. The minimum Gasteiger partial charge on any atom is -0.399 e. The molecule has 1 aromatic carbocycles. The molecule has 0 aliphatic carbocycles. The Labute approximate surface area is 107 Å². The molecule has 0 saturated carbocycles. The lowest BCUT2D eigenvalue weighted by Crippen LogP contribution is -2.37. The number of nitrogen functional groups attached to an aromatic ring is 1. The van der Waals surface area contributed by atoms with Crippen molar-refractivity contribution in [3.05, 3.63) is 18.2 Å². The quantitative estimate of drug-likeness (QED) is 0.757.